The third-order valence-electron chi connectivity index (χ3n) is 8.07. The van der Waals surface area contributed by atoms with E-state index in [9.17, 15) is 39.5 Å². The van der Waals surface area contributed by atoms with Crippen molar-refractivity contribution in [2.24, 2.45) is 11.8 Å². The van der Waals surface area contributed by atoms with Crippen molar-refractivity contribution in [3.05, 3.63) is 33.4 Å². The van der Waals surface area contributed by atoms with Crippen LogP contribution in [-0.4, -0.2) is 102 Å². The molecule has 43 heavy (non-hydrogen) atoms. The molecule has 20 nitrogen and oxygen atoms in total. The Hall–Kier alpha value is -3.75. The first kappa shape index (κ1) is 29.3. The van der Waals surface area contributed by atoms with Gasteiger partial charge in [0.15, 0.2) is 22.3 Å². The van der Waals surface area contributed by atoms with Crippen LogP contribution < -0.4 is 22.6 Å². The van der Waals surface area contributed by atoms with Gasteiger partial charge in [0.25, 0.3) is 11.1 Å². The number of nitrogens with two attached hydrogens (primary N) is 2. The van der Waals surface area contributed by atoms with Crippen molar-refractivity contribution in [2.75, 3.05) is 24.7 Å². The molecule has 21 heteroatoms. The molecule has 2 saturated carbocycles. The number of nitrogen functional groups attached to an aromatic ring is 2. The average Bonchev–Trinajstić information content (AvgIpc) is 3.69. The maximum absolute atomic E-state index is 13.0. The van der Waals surface area contributed by atoms with Crippen molar-refractivity contribution in [3.63, 3.8) is 0 Å². The van der Waals surface area contributed by atoms with E-state index in [1.54, 1.807) is 0 Å². The van der Waals surface area contributed by atoms with Gasteiger partial charge in [-0.2, -0.15) is 9.97 Å². The molecule has 4 aromatic heterocycles. The zero-order valence-electron chi connectivity index (χ0n) is 22.2. The van der Waals surface area contributed by atoms with Gasteiger partial charge in [-0.15, -0.1) is 0 Å². The number of aromatic amines is 2. The van der Waals surface area contributed by atoms with Crippen molar-refractivity contribution in [1.82, 2.24) is 39.0 Å². The summed E-state index contributed by atoms with van der Waals surface area (Å²) in [4.78, 5) is 55.6. The van der Waals surface area contributed by atoms with E-state index in [0.29, 0.717) is 0 Å². The largest absolute Gasteiger partial charge is 0.472 e. The molecule has 6 rings (SSSR count). The number of H-pyrrole nitrogens is 2. The molecule has 0 amide bonds. The average molecular weight is 625 g/mol. The molecule has 4 aromatic rings. The molecule has 0 saturated heterocycles. The number of phosphoric ester groups is 1. The summed E-state index contributed by atoms with van der Waals surface area (Å²) in [5.74, 6) is -2.02. The topological polar surface area (TPSA) is 316 Å². The molecular formula is C22H29N10O10P. The second-order valence-electron chi connectivity index (χ2n) is 10.7. The lowest BCUT2D eigenvalue weighted by Crippen LogP contribution is -2.33. The van der Waals surface area contributed by atoms with Crippen LogP contribution in [0.25, 0.3) is 22.3 Å². The third-order valence-corrected chi connectivity index (χ3v) is 9.05. The maximum atomic E-state index is 13.0. The van der Waals surface area contributed by atoms with E-state index >= 15 is 0 Å². The Morgan fingerprint density at radius 1 is 0.884 bits per heavy atom. The first-order valence-electron chi connectivity index (χ1n) is 13.1. The summed E-state index contributed by atoms with van der Waals surface area (Å²) >= 11 is 0. The Labute approximate surface area is 239 Å². The van der Waals surface area contributed by atoms with Crippen LogP contribution in [-0.2, 0) is 13.6 Å². The highest BCUT2D eigenvalue weighted by atomic mass is 31.2. The quantitative estimate of drug-likeness (QED) is 0.0889. The van der Waals surface area contributed by atoms with E-state index in [-0.39, 0.29) is 47.1 Å². The molecule has 2 aliphatic carbocycles. The number of rotatable bonds is 8. The second-order valence-corrected chi connectivity index (χ2v) is 12.1. The van der Waals surface area contributed by atoms with E-state index in [4.69, 9.17) is 20.5 Å². The number of hydrogen-bond acceptors (Lipinski definition) is 15. The highest BCUT2D eigenvalue weighted by Gasteiger charge is 2.49. The van der Waals surface area contributed by atoms with Crippen molar-refractivity contribution in [3.8, 4) is 0 Å². The first-order chi connectivity index (χ1) is 20.4. The number of aliphatic hydroxyl groups excluding tert-OH is 4. The van der Waals surface area contributed by atoms with Gasteiger partial charge >= 0.3 is 7.82 Å². The Bertz CT molecular complexity index is 1840. The zero-order valence-corrected chi connectivity index (χ0v) is 23.1. The maximum Gasteiger partial charge on any atom is 0.472 e. The molecule has 0 aromatic carbocycles. The lowest BCUT2D eigenvalue weighted by Gasteiger charge is -2.25. The van der Waals surface area contributed by atoms with Crippen molar-refractivity contribution in [2.45, 2.75) is 49.3 Å². The summed E-state index contributed by atoms with van der Waals surface area (Å²) in [5, 5.41) is 42.4. The molecule has 1 unspecified atom stereocenters. The summed E-state index contributed by atoms with van der Waals surface area (Å²) < 4.78 is 26.2. The van der Waals surface area contributed by atoms with E-state index in [1.165, 1.54) is 21.8 Å². The van der Waals surface area contributed by atoms with Gasteiger partial charge in [0.2, 0.25) is 11.9 Å². The molecule has 2 aliphatic rings. The van der Waals surface area contributed by atoms with Crippen molar-refractivity contribution >= 4 is 42.0 Å². The summed E-state index contributed by atoms with van der Waals surface area (Å²) in [5.41, 5.74) is 10.2. The van der Waals surface area contributed by atoms with Gasteiger partial charge < -0.3 is 45.9 Å². The van der Waals surface area contributed by atoms with E-state index in [1.807, 2.05) is 0 Å². The number of fused-ring (bicyclic) bond motifs is 2. The molecule has 4 heterocycles. The fourth-order valence-corrected chi connectivity index (χ4v) is 7.02. The number of hydrogen-bond donors (Lipinski definition) is 9. The molecule has 2 fully saturated rings. The molecular weight excluding hydrogens is 595 g/mol. The van der Waals surface area contributed by atoms with Gasteiger partial charge in [-0.05, 0) is 12.8 Å². The summed E-state index contributed by atoms with van der Waals surface area (Å²) in [6, 6.07) is -1.68. The van der Waals surface area contributed by atoms with Crippen LogP contribution >= 0.6 is 7.82 Å². The lowest BCUT2D eigenvalue weighted by atomic mass is 10.1. The van der Waals surface area contributed by atoms with E-state index in [0.717, 1.165) is 0 Å². The number of aromatic nitrogens is 8. The molecule has 11 N–H and O–H groups in total. The summed E-state index contributed by atoms with van der Waals surface area (Å²) in [6.07, 6.45) is -2.96. The standard InChI is InChI=1S/C22H29N10O10P/c23-21-27-17-11(19(37)29-21)25-5-31(17)9-2-8(13(34)14(9)35)4-41-43(39,40)42-16-7(3-33)1-10(15(16)36)32-6-26-12-18(32)28-22(24)30-20(12)38/h5-10,13-16,33-36H,1-4H2,(H,39,40)(H3,23,27,29,37)(H3,24,28,30,38)/t7-,8-,9-,10-,13-,14+,15+,16-/m1/s1. The minimum atomic E-state index is -4.90. The molecule has 232 valence electrons. The van der Waals surface area contributed by atoms with Crippen molar-refractivity contribution in [1.29, 1.82) is 0 Å². The van der Waals surface area contributed by atoms with Gasteiger partial charge in [-0.3, -0.25) is 28.6 Å². The number of imidazole rings is 2. The van der Waals surface area contributed by atoms with Gasteiger partial charge in [0.1, 0.15) is 18.3 Å². The number of nitrogens with zero attached hydrogens (tertiary/aromatic N) is 6. The molecule has 0 radical (unpaired) electrons. The van der Waals surface area contributed by atoms with Crippen LogP contribution in [0.1, 0.15) is 24.9 Å². The van der Waals surface area contributed by atoms with Crippen LogP contribution in [0.3, 0.4) is 0 Å². The Morgan fingerprint density at radius 2 is 1.40 bits per heavy atom. The van der Waals surface area contributed by atoms with Crippen LogP contribution in [0.2, 0.25) is 0 Å². The highest BCUT2D eigenvalue weighted by Crippen LogP contribution is 2.51. The Balaban J connectivity index is 1.15. The van der Waals surface area contributed by atoms with Crippen LogP contribution in [0.5, 0.6) is 0 Å². The normalized spacial score (nSPS) is 30.8. The lowest BCUT2D eigenvalue weighted by molar-refractivity contribution is -0.0228. The molecule has 0 bridgehead atoms. The number of aliphatic hydroxyl groups is 4. The SMILES string of the molecule is Nc1nc2c(ncn2[C@@H]2C[C@H](COP(=O)(O)O[C@@H]3[C@@H](CO)C[C@@H](n4cnc5c(=O)[nH]c(N)nc54)[C@@H]3O)[C@@H](O)[C@H]2O)c(=O)[nH]1. The summed E-state index contributed by atoms with van der Waals surface area (Å²) in [7, 11) is -4.90. The Kier molecular flexibility index (Phi) is 7.33. The predicted molar refractivity (Wildman–Crippen MR) is 145 cm³/mol. The predicted octanol–water partition coefficient (Wildman–Crippen LogP) is -2.88. The zero-order chi connectivity index (χ0) is 30.8. The number of nitrogens with one attached hydrogen (secondary N) is 2. The molecule has 9 atom stereocenters. The minimum Gasteiger partial charge on any atom is -0.396 e. The van der Waals surface area contributed by atoms with E-state index in [2.05, 4.69) is 29.9 Å². The number of anilines is 2. The van der Waals surface area contributed by atoms with Gasteiger partial charge in [-0.1, -0.05) is 0 Å². The van der Waals surface area contributed by atoms with Gasteiger partial charge in [0, 0.05) is 18.4 Å². The summed E-state index contributed by atoms with van der Waals surface area (Å²) in [6.45, 7) is -1.05. The van der Waals surface area contributed by atoms with Crippen LogP contribution in [0.4, 0.5) is 11.9 Å². The van der Waals surface area contributed by atoms with Gasteiger partial charge in [-0.25, -0.2) is 14.5 Å². The van der Waals surface area contributed by atoms with Crippen molar-refractivity contribution < 1.29 is 38.9 Å². The fourth-order valence-electron chi connectivity index (χ4n) is 5.97. The fraction of sp³-hybridized carbons (Fsp3) is 0.545. The van der Waals surface area contributed by atoms with Crippen LogP contribution in [0.15, 0.2) is 22.2 Å². The molecule has 0 aliphatic heterocycles. The van der Waals surface area contributed by atoms with Gasteiger partial charge in [0.05, 0.1) is 37.4 Å². The smallest absolute Gasteiger partial charge is 0.396 e. The monoisotopic (exact) mass is 624 g/mol. The third kappa shape index (κ3) is 5.10. The van der Waals surface area contributed by atoms with E-state index < -0.39 is 80.5 Å². The molecule has 0 spiro atoms. The highest BCUT2D eigenvalue weighted by molar-refractivity contribution is 7.47. The minimum absolute atomic E-state index is 0.0227. The second kappa shape index (κ2) is 10.8. The Morgan fingerprint density at radius 3 is 1.93 bits per heavy atom. The first-order valence-corrected chi connectivity index (χ1v) is 14.6. The van der Waals surface area contributed by atoms with Crippen LogP contribution in [0, 0.1) is 11.8 Å². The number of phosphoric acid groups is 1.